The number of nitrogens with zero attached hydrogens (tertiary/aromatic N) is 2. The summed E-state index contributed by atoms with van der Waals surface area (Å²) < 4.78 is 38.3. The first-order chi connectivity index (χ1) is 14.4. The molecule has 1 aromatic heterocycles. The van der Waals surface area contributed by atoms with E-state index in [1.165, 1.54) is 17.7 Å². The molecule has 0 unspecified atom stereocenters. The number of carbonyl (C=O) groups is 1. The maximum Gasteiger partial charge on any atom is 0.416 e. The van der Waals surface area contributed by atoms with Crippen molar-refractivity contribution in [2.45, 2.75) is 44.4 Å². The molecule has 7 heteroatoms. The molecule has 1 aliphatic rings. The molecule has 156 valence electrons. The molecule has 1 fully saturated rings. The molecule has 30 heavy (non-hydrogen) atoms. The molecular formula is C23H21F3N2OS. The number of benzene rings is 2. The first-order valence-electron chi connectivity index (χ1n) is 9.81. The molecule has 0 aliphatic heterocycles. The minimum atomic E-state index is -4.35. The third-order valence-corrected chi connectivity index (χ3v) is 5.97. The fraction of sp³-hybridized carbons (Fsp3) is 0.304. The van der Waals surface area contributed by atoms with Crippen molar-refractivity contribution in [1.82, 2.24) is 9.88 Å². The average Bonchev–Trinajstić information content (AvgIpc) is 3.47. The normalized spacial score (nSPS) is 14.0. The van der Waals surface area contributed by atoms with Crippen molar-refractivity contribution in [1.29, 1.82) is 0 Å². The molecule has 1 amide bonds. The fourth-order valence-electron chi connectivity index (χ4n) is 3.34. The summed E-state index contributed by atoms with van der Waals surface area (Å²) in [6, 6.07) is 15.3. The average molecular weight is 430 g/mol. The minimum absolute atomic E-state index is 0.0334. The molecule has 0 spiro atoms. The van der Waals surface area contributed by atoms with E-state index in [-0.39, 0.29) is 18.4 Å². The third-order valence-electron chi connectivity index (χ3n) is 5.07. The van der Waals surface area contributed by atoms with Gasteiger partial charge in [-0.3, -0.25) is 4.79 Å². The maximum atomic E-state index is 12.9. The Morgan fingerprint density at radius 2 is 1.73 bits per heavy atom. The topological polar surface area (TPSA) is 33.2 Å². The van der Waals surface area contributed by atoms with Crippen molar-refractivity contribution in [3.8, 4) is 0 Å². The number of thiazole rings is 1. The second kappa shape index (κ2) is 8.60. The number of halogens is 3. The highest BCUT2D eigenvalue weighted by Gasteiger charge is 2.33. The van der Waals surface area contributed by atoms with Crippen LogP contribution in [0, 0.1) is 0 Å². The summed E-state index contributed by atoms with van der Waals surface area (Å²) in [6.07, 6.45) is -1.54. The Morgan fingerprint density at radius 3 is 2.37 bits per heavy atom. The molecule has 4 rings (SSSR count). The highest BCUT2D eigenvalue weighted by atomic mass is 32.1. The van der Waals surface area contributed by atoms with Crippen LogP contribution < -0.4 is 0 Å². The zero-order valence-corrected chi connectivity index (χ0v) is 17.0. The lowest BCUT2D eigenvalue weighted by atomic mass is 10.1. The lowest BCUT2D eigenvalue weighted by molar-refractivity contribution is -0.137. The molecule has 3 nitrogen and oxygen atoms in total. The molecule has 0 bridgehead atoms. The van der Waals surface area contributed by atoms with Crippen LogP contribution in [0.15, 0.2) is 60.0 Å². The summed E-state index contributed by atoms with van der Waals surface area (Å²) in [7, 11) is 0. The van der Waals surface area contributed by atoms with Crippen LogP contribution in [0.5, 0.6) is 0 Å². The number of aromatic nitrogens is 1. The smallest absolute Gasteiger partial charge is 0.335 e. The minimum Gasteiger partial charge on any atom is -0.335 e. The van der Waals surface area contributed by atoms with E-state index < -0.39 is 11.7 Å². The third kappa shape index (κ3) is 5.27. The van der Waals surface area contributed by atoms with Gasteiger partial charge in [0.25, 0.3) is 0 Å². The first-order valence-corrected chi connectivity index (χ1v) is 10.7. The molecule has 3 aromatic rings. The Balaban J connectivity index is 1.40. The Kier molecular flexibility index (Phi) is 5.90. The second-order valence-corrected chi connectivity index (χ2v) is 8.46. The summed E-state index contributed by atoms with van der Waals surface area (Å²) in [4.78, 5) is 19.3. The van der Waals surface area contributed by atoms with Crippen molar-refractivity contribution in [2.75, 3.05) is 0 Å². The van der Waals surface area contributed by atoms with Crippen LogP contribution in [0.1, 0.15) is 40.2 Å². The van der Waals surface area contributed by atoms with Crippen LogP contribution >= 0.6 is 11.3 Å². The highest BCUT2D eigenvalue weighted by molar-refractivity contribution is 7.09. The van der Waals surface area contributed by atoms with Gasteiger partial charge in [0.15, 0.2) is 0 Å². The van der Waals surface area contributed by atoms with Crippen molar-refractivity contribution in [2.24, 2.45) is 0 Å². The van der Waals surface area contributed by atoms with E-state index in [2.05, 4.69) is 4.98 Å². The zero-order chi connectivity index (χ0) is 21.1. The highest BCUT2D eigenvalue weighted by Crippen LogP contribution is 2.31. The Hall–Kier alpha value is -2.67. The summed E-state index contributed by atoms with van der Waals surface area (Å²) >= 11 is 1.54. The quantitative estimate of drug-likeness (QED) is 0.497. The van der Waals surface area contributed by atoms with Crippen molar-refractivity contribution in [3.05, 3.63) is 87.4 Å². The van der Waals surface area contributed by atoms with Crippen molar-refractivity contribution in [3.63, 3.8) is 0 Å². The van der Waals surface area contributed by atoms with E-state index in [4.69, 9.17) is 0 Å². The van der Waals surface area contributed by atoms with Gasteiger partial charge in [0.2, 0.25) is 5.91 Å². The van der Waals surface area contributed by atoms with E-state index in [1.807, 2.05) is 35.7 Å². The SMILES string of the molecule is O=C(Cc1csc(Cc2ccccc2)n1)N(Cc1ccc(C(F)(F)F)cc1)C1CC1. The molecule has 0 radical (unpaired) electrons. The summed E-state index contributed by atoms with van der Waals surface area (Å²) in [5.41, 5.74) is 1.94. The fourth-order valence-corrected chi connectivity index (χ4v) is 4.17. The summed E-state index contributed by atoms with van der Waals surface area (Å²) in [5, 5.41) is 2.88. The number of hydrogen-bond donors (Lipinski definition) is 0. The number of rotatable bonds is 7. The van der Waals surface area contributed by atoms with Crippen LogP contribution in [0.4, 0.5) is 13.2 Å². The molecular weight excluding hydrogens is 409 g/mol. The lowest BCUT2D eigenvalue weighted by Crippen LogP contribution is -2.33. The van der Waals surface area contributed by atoms with Gasteiger partial charge in [0.05, 0.1) is 22.7 Å². The zero-order valence-electron chi connectivity index (χ0n) is 16.2. The number of alkyl halides is 3. The van der Waals surface area contributed by atoms with Gasteiger partial charge >= 0.3 is 6.18 Å². The molecule has 0 atom stereocenters. The van der Waals surface area contributed by atoms with Crippen molar-refractivity contribution >= 4 is 17.2 Å². The maximum absolute atomic E-state index is 12.9. The van der Waals surface area contributed by atoms with Crippen molar-refractivity contribution < 1.29 is 18.0 Å². The van der Waals surface area contributed by atoms with Gasteiger partial charge in [-0.25, -0.2) is 4.98 Å². The van der Waals surface area contributed by atoms with Gasteiger partial charge < -0.3 is 4.90 Å². The van der Waals surface area contributed by atoms with Gasteiger partial charge in [-0.2, -0.15) is 13.2 Å². The Bertz CT molecular complexity index is 995. The number of carbonyl (C=O) groups excluding carboxylic acids is 1. The van der Waals surface area contributed by atoms with Gasteiger partial charge in [-0.15, -0.1) is 11.3 Å². The number of amides is 1. The monoisotopic (exact) mass is 430 g/mol. The Morgan fingerprint density at radius 1 is 1.03 bits per heavy atom. The lowest BCUT2D eigenvalue weighted by Gasteiger charge is -2.22. The van der Waals surface area contributed by atoms with E-state index in [1.54, 1.807) is 16.2 Å². The van der Waals surface area contributed by atoms with E-state index >= 15 is 0 Å². The molecule has 0 N–H and O–H groups in total. The van der Waals surface area contributed by atoms with Gasteiger partial charge in [0.1, 0.15) is 0 Å². The van der Waals surface area contributed by atoms with E-state index in [0.29, 0.717) is 12.1 Å². The van der Waals surface area contributed by atoms with Crippen LogP contribution in [-0.4, -0.2) is 21.8 Å². The van der Waals surface area contributed by atoms with E-state index in [9.17, 15) is 18.0 Å². The molecule has 1 saturated carbocycles. The van der Waals surface area contributed by atoms with Crippen LogP contribution in [0.2, 0.25) is 0 Å². The van der Waals surface area contributed by atoms with Crippen LogP contribution in [-0.2, 0) is 30.4 Å². The predicted octanol–water partition coefficient (Wildman–Crippen LogP) is 5.49. The predicted molar refractivity (Wildman–Crippen MR) is 110 cm³/mol. The van der Waals surface area contributed by atoms with E-state index in [0.717, 1.165) is 42.1 Å². The van der Waals surface area contributed by atoms with Crippen LogP contribution in [0.3, 0.4) is 0 Å². The Labute approximate surface area is 177 Å². The number of hydrogen-bond acceptors (Lipinski definition) is 3. The van der Waals surface area contributed by atoms with Crippen LogP contribution in [0.25, 0.3) is 0 Å². The molecule has 2 aromatic carbocycles. The van der Waals surface area contributed by atoms with Gasteiger partial charge in [-0.05, 0) is 36.1 Å². The molecule has 1 aliphatic carbocycles. The van der Waals surface area contributed by atoms with Gasteiger partial charge in [-0.1, -0.05) is 42.5 Å². The second-order valence-electron chi connectivity index (χ2n) is 7.52. The summed E-state index contributed by atoms with van der Waals surface area (Å²) in [5.74, 6) is -0.0334. The summed E-state index contributed by atoms with van der Waals surface area (Å²) in [6.45, 7) is 0.322. The first kappa shape index (κ1) is 20.6. The molecule has 0 saturated heterocycles. The largest absolute Gasteiger partial charge is 0.416 e. The van der Waals surface area contributed by atoms with Gasteiger partial charge in [0, 0.05) is 24.4 Å². The standard InChI is InChI=1S/C23H21F3N2OS/c24-23(25,26)18-8-6-17(7-9-18)14-28(20-10-11-20)22(29)13-19-15-30-21(27-19)12-16-4-2-1-3-5-16/h1-9,15,20H,10-14H2. The molecule has 1 heterocycles.